The zero-order chi connectivity index (χ0) is 21.9. The molecule has 11 heteroatoms. The molecule has 1 aliphatic heterocycles. The molecule has 0 aromatic carbocycles. The minimum atomic E-state index is -3.63. The van der Waals surface area contributed by atoms with Gasteiger partial charge in [-0.3, -0.25) is 18.9 Å². The number of allylic oxidation sites excluding steroid dienone is 1. The number of thiophene rings is 1. The van der Waals surface area contributed by atoms with Gasteiger partial charge in [0, 0.05) is 12.7 Å². The van der Waals surface area contributed by atoms with E-state index in [4.69, 9.17) is 5.41 Å². The molecular formula is C19H24N5O4S2+. The molecule has 1 aliphatic rings. The number of nitrogens with two attached hydrogens (primary N) is 1. The summed E-state index contributed by atoms with van der Waals surface area (Å²) in [6.45, 7) is 4.42. The Kier molecular flexibility index (Phi) is 6.56. The molecule has 0 saturated carbocycles. The summed E-state index contributed by atoms with van der Waals surface area (Å²) in [5, 5.41) is 24.4. The third kappa shape index (κ3) is 4.70. The summed E-state index contributed by atoms with van der Waals surface area (Å²) in [6, 6.07) is 4.99. The van der Waals surface area contributed by atoms with Crippen molar-refractivity contribution in [3.63, 3.8) is 0 Å². The first-order chi connectivity index (χ1) is 14.2. The lowest BCUT2D eigenvalue weighted by Gasteiger charge is -2.33. The Bertz CT molecular complexity index is 1020. The van der Waals surface area contributed by atoms with Crippen LogP contribution >= 0.6 is 22.1 Å². The summed E-state index contributed by atoms with van der Waals surface area (Å²) in [5.74, 6) is -0.955. The third-order valence-electron chi connectivity index (χ3n) is 4.30. The van der Waals surface area contributed by atoms with Gasteiger partial charge in [0.2, 0.25) is 5.76 Å². The van der Waals surface area contributed by atoms with Crippen molar-refractivity contribution in [3.05, 3.63) is 52.2 Å². The van der Waals surface area contributed by atoms with E-state index in [2.05, 4.69) is 20.0 Å². The number of hydrogen-bond acceptors (Lipinski definition) is 8. The molecule has 0 bridgehead atoms. The lowest BCUT2D eigenvalue weighted by atomic mass is 10.1. The van der Waals surface area contributed by atoms with E-state index in [0.29, 0.717) is 23.0 Å². The fraction of sp³-hybridized carbons (Fsp3) is 0.263. The number of aliphatic hydroxyl groups excluding tert-OH is 1. The summed E-state index contributed by atoms with van der Waals surface area (Å²) in [6.07, 6.45) is 3.48. The Morgan fingerprint density at radius 3 is 2.80 bits per heavy atom. The van der Waals surface area contributed by atoms with E-state index in [9.17, 15) is 19.0 Å². The smallest absolute Gasteiger partial charge is 0.259 e. The van der Waals surface area contributed by atoms with Crippen molar-refractivity contribution in [2.75, 3.05) is 11.9 Å². The highest BCUT2D eigenvalue weighted by atomic mass is 32.3. The molecule has 0 unspecified atom stereocenters. The minimum absolute atomic E-state index is 0.0134. The second-order valence-corrected chi connectivity index (χ2v) is 9.62. The Labute approximate surface area is 179 Å². The van der Waals surface area contributed by atoms with Crippen LogP contribution < -0.4 is 16.0 Å². The van der Waals surface area contributed by atoms with Crippen LogP contribution in [0.1, 0.15) is 25.1 Å². The van der Waals surface area contributed by atoms with E-state index in [0.717, 1.165) is 6.42 Å². The molecule has 9 nitrogen and oxygen atoms in total. The van der Waals surface area contributed by atoms with E-state index in [1.54, 1.807) is 17.5 Å². The van der Waals surface area contributed by atoms with Crippen molar-refractivity contribution < 1.29 is 24.4 Å². The van der Waals surface area contributed by atoms with Crippen LogP contribution in [0.2, 0.25) is 0 Å². The molecule has 3 rings (SSSR count). The van der Waals surface area contributed by atoms with Crippen LogP contribution in [0, 0.1) is 5.92 Å². The average molecular weight is 451 g/mol. The van der Waals surface area contributed by atoms with Gasteiger partial charge in [-0.15, -0.1) is 15.7 Å². The summed E-state index contributed by atoms with van der Waals surface area (Å²) in [4.78, 5) is 17.5. The topological polar surface area (TPSA) is 153 Å². The van der Waals surface area contributed by atoms with Gasteiger partial charge in [0.25, 0.3) is 11.6 Å². The SMILES string of the molecule is CC(C)CCNC(=O)/C(C1=NS(O)(O)c2cnccc2N1)=C(/O)C(=[NH2+])c1cccs1. The molecule has 30 heavy (non-hydrogen) atoms. The second-order valence-electron chi connectivity index (χ2n) is 7.01. The highest BCUT2D eigenvalue weighted by Crippen LogP contribution is 2.55. The molecule has 0 aliphatic carbocycles. The van der Waals surface area contributed by atoms with E-state index in [1.807, 2.05) is 13.8 Å². The van der Waals surface area contributed by atoms with Crippen molar-refractivity contribution in [3.8, 4) is 0 Å². The predicted octanol–water partition coefficient (Wildman–Crippen LogP) is 2.21. The van der Waals surface area contributed by atoms with E-state index in [-0.39, 0.29) is 22.0 Å². The number of carbonyl (C=O) groups excluding carboxylic acids is 1. The molecular weight excluding hydrogens is 426 g/mol. The molecule has 3 heterocycles. The molecule has 0 spiro atoms. The first-order valence-electron chi connectivity index (χ1n) is 9.18. The number of rotatable bonds is 7. The number of carbonyl (C=O) groups is 1. The average Bonchev–Trinajstić information content (AvgIpc) is 3.21. The van der Waals surface area contributed by atoms with Gasteiger partial charge < -0.3 is 15.7 Å². The zero-order valence-corrected chi connectivity index (χ0v) is 18.1. The zero-order valence-electron chi connectivity index (χ0n) is 16.5. The highest BCUT2D eigenvalue weighted by Gasteiger charge is 2.34. The number of amidine groups is 1. The lowest BCUT2D eigenvalue weighted by molar-refractivity contribution is -0.118. The molecule has 0 saturated heterocycles. The highest BCUT2D eigenvalue weighted by molar-refractivity contribution is 8.23. The molecule has 1 amide bonds. The van der Waals surface area contributed by atoms with Gasteiger partial charge in [-0.25, -0.2) is 5.41 Å². The van der Waals surface area contributed by atoms with Gasteiger partial charge in [-0.2, -0.15) is 0 Å². The number of aromatic nitrogens is 1. The summed E-state index contributed by atoms with van der Waals surface area (Å²) >= 11 is 1.30. The van der Waals surface area contributed by atoms with Crippen LogP contribution in [-0.4, -0.2) is 43.2 Å². The number of amides is 1. The van der Waals surface area contributed by atoms with E-state index >= 15 is 0 Å². The molecule has 2 aromatic rings. The van der Waals surface area contributed by atoms with Crippen LogP contribution in [0.3, 0.4) is 0 Å². The van der Waals surface area contributed by atoms with Gasteiger partial charge >= 0.3 is 0 Å². The lowest BCUT2D eigenvalue weighted by Crippen LogP contribution is -2.44. The van der Waals surface area contributed by atoms with E-state index in [1.165, 1.54) is 29.8 Å². The summed E-state index contributed by atoms with van der Waals surface area (Å²) in [7, 11) is -3.63. The Morgan fingerprint density at radius 2 is 2.13 bits per heavy atom. The van der Waals surface area contributed by atoms with Gasteiger partial charge in [0.1, 0.15) is 15.3 Å². The standard InChI is InChI=1S/C19H23N5O4S2/c1-11(2)5-8-22-19(26)15(17(25)16(20)13-4-3-9-29-13)18-23-12-6-7-21-10-14(12)30(27,28)24-18/h3-4,6-7,9-11,20,25,27-28H,5,8H2,1-2H3,(H,22,26)(H,23,24)/p+1/b17-15+,20-16?. The van der Waals surface area contributed by atoms with Crippen LogP contribution in [0.15, 0.2) is 56.6 Å². The molecule has 2 aromatic heterocycles. The van der Waals surface area contributed by atoms with Crippen molar-refractivity contribution >= 4 is 45.3 Å². The quantitative estimate of drug-likeness (QED) is 0.216. The summed E-state index contributed by atoms with van der Waals surface area (Å²) < 4.78 is 24.9. The van der Waals surface area contributed by atoms with Crippen LogP contribution in [0.25, 0.3) is 0 Å². The Balaban J connectivity index is 2.04. The van der Waals surface area contributed by atoms with E-state index < -0.39 is 22.4 Å². The largest absolute Gasteiger partial charge is 0.502 e. The normalized spacial score (nSPS) is 16.6. The van der Waals surface area contributed by atoms with Gasteiger partial charge in [-0.1, -0.05) is 30.7 Å². The first-order valence-corrected chi connectivity index (χ1v) is 11.6. The minimum Gasteiger partial charge on any atom is -0.502 e. The molecule has 7 N–H and O–H groups in total. The van der Waals surface area contributed by atoms with Gasteiger partial charge in [0.05, 0.1) is 11.9 Å². The maximum absolute atomic E-state index is 13.0. The molecule has 0 fully saturated rings. The third-order valence-corrected chi connectivity index (χ3v) is 6.56. The molecule has 0 radical (unpaired) electrons. The molecule has 0 atom stereocenters. The Hall–Kier alpha value is -2.73. The van der Waals surface area contributed by atoms with Crippen molar-refractivity contribution in [2.24, 2.45) is 10.3 Å². The monoisotopic (exact) mass is 450 g/mol. The fourth-order valence-corrected chi connectivity index (χ4v) is 4.50. The number of pyridine rings is 1. The van der Waals surface area contributed by atoms with Crippen LogP contribution in [-0.2, 0) is 4.79 Å². The number of nitrogens with one attached hydrogen (secondary N) is 2. The van der Waals surface area contributed by atoms with Crippen molar-refractivity contribution in [1.29, 1.82) is 0 Å². The maximum atomic E-state index is 13.0. The number of hydrogen-bond donors (Lipinski definition) is 6. The molecule has 160 valence electrons. The van der Waals surface area contributed by atoms with Gasteiger partial charge in [-0.05, 0) is 29.9 Å². The second kappa shape index (κ2) is 8.96. The number of nitrogens with zero attached hydrogens (tertiary/aromatic N) is 2. The van der Waals surface area contributed by atoms with Crippen LogP contribution in [0.5, 0.6) is 0 Å². The van der Waals surface area contributed by atoms with Crippen LogP contribution in [0.4, 0.5) is 5.69 Å². The number of fused-ring (bicyclic) bond motifs is 1. The van der Waals surface area contributed by atoms with Crippen molar-refractivity contribution in [1.82, 2.24) is 10.3 Å². The predicted molar refractivity (Wildman–Crippen MR) is 119 cm³/mol. The summed E-state index contributed by atoms with van der Waals surface area (Å²) in [5.41, 5.74) is 0.0394. The fourth-order valence-electron chi connectivity index (χ4n) is 2.71. The van der Waals surface area contributed by atoms with Crippen molar-refractivity contribution in [2.45, 2.75) is 25.2 Å². The van der Waals surface area contributed by atoms with Gasteiger partial charge in [0.15, 0.2) is 5.84 Å². The number of aliphatic hydroxyl groups is 1. The maximum Gasteiger partial charge on any atom is 0.259 e. The Morgan fingerprint density at radius 1 is 1.37 bits per heavy atom. The first kappa shape index (κ1) is 22.0. The number of anilines is 1.